The van der Waals surface area contributed by atoms with E-state index in [1.54, 1.807) is 0 Å². The van der Waals surface area contributed by atoms with Crippen molar-refractivity contribution in [3.05, 3.63) is 0 Å². The van der Waals surface area contributed by atoms with Crippen molar-refractivity contribution in [3.63, 3.8) is 0 Å². The molecule has 0 aliphatic carbocycles. The van der Waals surface area contributed by atoms with Gasteiger partial charge in [0.15, 0.2) is 0 Å². The van der Waals surface area contributed by atoms with Crippen molar-refractivity contribution in [2.24, 2.45) is 5.92 Å². The van der Waals surface area contributed by atoms with Gasteiger partial charge in [0.2, 0.25) is 11.8 Å². The molecule has 0 aromatic carbocycles. The zero-order chi connectivity index (χ0) is 14.7. The van der Waals surface area contributed by atoms with Gasteiger partial charge in [-0.15, -0.1) is 0 Å². The second-order valence-electron chi connectivity index (χ2n) is 6.33. The zero-order valence-corrected chi connectivity index (χ0v) is 12.9. The first kappa shape index (κ1) is 15.3. The van der Waals surface area contributed by atoms with Crippen LogP contribution in [0.2, 0.25) is 0 Å². The second-order valence-corrected chi connectivity index (χ2v) is 6.33. The SMILES string of the molecule is CCCN1CCC(N2CC(=O)NC(C(C)C)C2=O)CC1. The van der Waals surface area contributed by atoms with Gasteiger partial charge in [-0.1, -0.05) is 20.8 Å². The number of hydrogen-bond donors (Lipinski definition) is 1. The Morgan fingerprint density at radius 1 is 1.25 bits per heavy atom. The summed E-state index contributed by atoms with van der Waals surface area (Å²) in [5, 5.41) is 2.82. The Bertz CT molecular complexity index is 362. The fourth-order valence-corrected chi connectivity index (χ4v) is 3.22. The summed E-state index contributed by atoms with van der Waals surface area (Å²) < 4.78 is 0. The standard InChI is InChI=1S/C15H27N3O2/c1-4-7-17-8-5-12(6-9-17)18-10-13(19)16-14(11(2)3)15(18)20/h11-12,14H,4-10H2,1-3H3,(H,16,19). The molecule has 2 aliphatic rings. The lowest BCUT2D eigenvalue weighted by molar-refractivity contribution is -0.148. The molecule has 0 saturated carbocycles. The van der Waals surface area contributed by atoms with E-state index < -0.39 is 0 Å². The predicted octanol–water partition coefficient (Wildman–Crippen LogP) is 0.844. The normalized spacial score (nSPS) is 26.2. The number of nitrogens with one attached hydrogen (secondary N) is 1. The fourth-order valence-electron chi connectivity index (χ4n) is 3.22. The van der Waals surface area contributed by atoms with Crippen LogP contribution in [-0.4, -0.2) is 59.9 Å². The molecule has 5 heteroatoms. The van der Waals surface area contributed by atoms with E-state index in [0.717, 1.165) is 32.5 Å². The molecule has 1 unspecified atom stereocenters. The van der Waals surface area contributed by atoms with Crippen molar-refractivity contribution in [2.75, 3.05) is 26.2 Å². The molecule has 0 spiro atoms. The Morgan fingerprint density at radius 3 is 2.45 bits per heavy atom. The van der Waals surface area contributed by atoms with Crippen LogP contribution in [0.3, 0.4) is 0 Å². The third kappa shape index (κ3) is 3.32. The number of carbonyl (C=O) groups excluding carboxylic acids is 2. The summed E-state index contributed by atoms with van der Waals surface area (Å²) in [6.45, 7) is 9.60. The fraction of sp³-hybridized carbons (Fsp3) is 0.867. The molecule has 0 aromatic heterocycles. The summed E-state index contributed by atoms with van der Waals surface area (Å²) in [5.41, 5.74) is 0. The number of nitrogens with zero attached hydrogens (tertiary/aromatic N) is 2. The van der Waals surface area contributed by atoms with E-state index in [0.29, 0.717) is 0 Å². The van der Waals surface area contributed by atoms with Gasteiger partial charge in [-0.25, -0.2) is 0 Å². The highest BCUT2D eigenvalue weighted by Gasteiger charge is 2.38. The van der Waals surface area contributed by atoms with Gasteiger partial charge in [0.1, 0.15) is 6.04 Å². The van der Waals surface area contributed by atoms with E-state index >= 15 is 0 Å². The molecule has 0 aromatic rings. The van der Waals surface area contributed by atoms with Gasteiger partial charge in [-0.3, -0.25) is 9.59 Å². The molecule has 2 aliphatic heterocycles. The van der Waals surface area contributed by atoms with E-state index in [-0.39, 0.29) is 36.4 Å². The van der Waals surface area contributed by atoms with Gasteiger partial charge in [0, 0.05) is 19.1 Å². The molecule has 2 fully saturated rings. The maximum Gasteiger partial charge on any atom is 0.246 e. The zero-order valence-electron chi connectivity index (χ0n) is 12.9. The van der Waals surface area contributed by atoms with Crippen LogP contribution in [0, 0.1) is 5.92 Å². The number of likely N-dealkylation sites (tertiary alicyclic amines) is 1. The number of amides is 2. The Morgan fingerprint density at radius 2 is 1.90 bits per heavy atom. The van der Waals surface area contributed by atoms with Crippen molar-refractivity contribution in [3.8, 4) is 0 Å². The smallest absolute Gasteiger partial charge is 0.246 e. The summed E-state index contributed by atoms with van der Waals surface area (Å²) in [5.74, 6) is 0.238. The van der Waals surface area contributed by atoms with Crippen molar-refractivity contribution >= 4 is 11.8 Å². The largest absolute Gasteiger partial charge is 0.343 e. The number of rotatable bonds is 4. The average molecular weight is 281 g/mol. The monoisotopic (exact) mass is 281 g/mol. The molecule has 0 bridgehead atoms. The maximum absolute atomic E-state index is 12.5. The Hall–Kier alpha value is -1.10. The topological polar surface area (TPSA) is 52.6 Å². The molecular weight excluding hydrogens is 254 g/mol. The number of piperidine rings is 1. The highest BCUT2D eigenvalue weighted by Crippen LogP contribution is 2.21. The molecule has 2 saturated heterocycles. The first-order chi connectivity index (χ1) is 9.52. The van der Waals surface area contributed by atoms with Gasteiger partial charge in [0.05, 0.1) is 6.54 Å². The minimum Gasteiger partial charge on any atom is -0.343 e. The first-order valence-electron chi connectivity index (χ1n) is 7.85. The highest BCUT2D eigenvalue weighted by molar-refractivity contribution is 5.95. The predicted molar refractivity (Wildman–Crippen MR) is 78.2 cm³/mol. The van der Waals surface area contributed by atoms with Crippen LogP contribution >= 0.6 is 0 Å². The number of carbonyl (C=O) groups is 2. The third-order valence-electron chi connectivity index (χ3n) is 4.38. The Labute approximate surface area is 121 Å². The molecule has 2 amide bonds. The van der Waals surface area contributed by atoms with Gasteiger partial charge >= 0.3 is 0 Å². The molecule has 5 nitrogen and oxygen atoms in total. The van der Waals surface area contributed by atoms with E-state index in [1.807, 2.05) is 18.7 Å². The molecule has 114 valence electrons. The Kier molecular flexibility index (Phi) is 5.02. The van der Waals surface area contributed by atoms with Crippen molar-refractivity contribution in [1.82, 2.24) is 15.1 Å². The van der Waals surface area contributed by atoms with Gasteiger partial charge < -0.3 is 15.1 Å². The van der Waals surface area contributed by atoms with Crippen LogP contribution in [0.15, 0.2) is 0 Å². The van der Waals surface area contributed by atoms with Gasteiger partial charge in [-0.05, 0) is 31.7 Å². The van der Waals surface area contributed by atoms with E-state index in [9.17, 15) is 9.59 Å². The first-order valence-corrected chi connectivity index (χ1v) is 7.85. The maximum atomic E-state index is 12.5. The highest BCUT2D eigenvalue weighted by atomic mass is 16.2. The number of piperazine rings is 1. The second kappa shape index (κ2) is 6.57. The minimum absolute atomic E-state index is 0.0145. The van der Waals surface area contributed by atoms with E-state index in [1.165, 1.54) is 6.42 Å². The van der Waals surface area contributed by atoms with Crippen LogP contribution in [0.1, 0.15) is 40.0 Å². The molecular formula is C15H27N3O2. The molecule has 1 atom stereocenters. The lowest BCUT2D eigenvalue weighted by Gasteiger charge is -2.42. The van der Waals surface area contributed by atoms with Crippen molar-refractivity contribution in [1.29, 1.82) is 0 Å². The van der Waals surface area contributed by atoms with E-state index in [4.69, 9.17) is 0 Å². The van der Waals surface area contributed by atoms with Crippen LogP contribution in [0.4, 0.5) is 0 Å². The molecule has 2 rings (SSSR count). The van der Waals surface area contributed by atoms with E-state index in [2.05, 4.69) is 17.1 Å². The summed E-state index contributed by atoms with van der Waals surface area (Å²) >= 11 is 0. The van der Waals surface area contributed by atoms with Crippen molar-refractivity contribution in [2.45, 2.75) is 52.1 Å². The van der Waals surface area contributed by atoms with Gasteiger partial charge in [-0.2, -0.15) is 0 Å². The average Bonchev–Trinajstić information content (AvgIpc) is 2.42. The minimum atomic E-state index is -0.343. The summed E-state index contributed by atoms with van der Waals surface area (Å²) in [6.07, 6.45) is 3.15. The van der Waals surface area contributed by atoms with Crippen LogP contribution < -0.4 is 5.32 Å². The van der Waals surface area contributed by atoms with Crippen LogP contribution in [0.5, 0.6) is 0 Å². The molecule has 20 heavy (non-hydrogen) atoms. The Balaban J connectivity index is 1.97. The van der Waals surface area contributed by atoms with Crippen LogP contribution in [-0.2, 0) is 9.59 Å². The quantitative estimate of drug-likeness (QED) is 0.831. The summed E-state index contributed by atoms with van der Waals surface area (Å²) in [6, 6.07) is -0.104. The lowest BCUT2D eigenvalue weighted by atomic mass is 9.96. The summed E-state index contributed by atoms with van der Waals surface area (Å²) in [4.78, 5) is 28.6. The third-order valence-corrected chi connectivity index (χ3v) is 4.38. The van der Waals surface area contributed by atoms with Crippen LogP contribution in [0.25, 0.3) is 0 Å². The molecule has 1 N–H and O–H groups in total. The van der Waals surface area contributed by atoms with Crippen molar-refractivity contribution < 1.29 is 9.59 Å². The molecule has 0 radical (unpaired) electrons. The lowest BCUT2D eigenvalue weighted by Crippen LogP contribution is -2.63. The van der Waals surface area contributed by atoms with Gasteiger partial charge in [0.25, 0.3) is 0 Å². The molecule has 2 heterocycles. The number of hydrogen-bond acceptors (Lipinski definition) is 3. The summed E-state index contributed by atoms with van der Waals surface area (Å²) in [7, 11) is 0.